The van der Waals surface area contributed by atoms with Crippen LogP contribution in [0.2, 0.25) is 0 Å². The normalized spacial score (nSPS) is 15.6. The number of non-ortho nitro benzene ring substituents is 1. The van der Waals surface area contributed by atoms with Gasteiger partial charge in [-0.2, -0.15) is 4.31 Å². The number of benzene rings is 1. The standard InChI is InChI=1S/C14H21N5O6S/c1-3-16(4-2)14-12(19(22)23)9-11(18(20)21)10-13(14)26(24,25)17-7-5-15-6-8-17/h9-10,15H,3-8H2,1-2H3. The van der Waals surface area contributed by atoms with E-state index < -0.39 is 36.1 Å². The number of hydrogen-bond acceptors (Lipinski definition) is 8. The Morgan fingerprint density at radius 2 is 1.69 bits per heavy atom. The molecular formula is C14H21N5O6S. The minimum absolute atomic E-state index is 0.107. The lowest BCUT2D eigenvalue weighted by atomic mass is 10.2. The molecule has 1 N–H and O–H groups in total. The fraction of sp³-hybridized carbons (Fsp3) is 0.571. The summed E-state index contributed by atoms with van der Waals surface area (Å²) in [5, 5.41) is 25.8. The van der Waals surface area contributed by atoms with Gasteiger partial charge in [-0.25, -0.2) is 8.42 Å². The number of nitrogens with one attached hydrogen (secondary N) is 1. The highest BCUT2D eigenvalue weighted by molar-refractivity contribution is 7.89. The van der Waals surface area contributed by atoms with Gasteiger partial charge in [-0.15, -0.1) is 0 Å². The Bertz CT molecular complexity index is 802. The van der Waals surface area contributed by atoms with E-state index in [1.807, 2.05) is 0 Å². The van der Waals surface area contributed by atoms with Crippen LogP contribution in [-0.2, 0) is 10.0 Å². The van der Waals surface area contributed by atoms with Crippen LogP contribution in [0.4, 0.5) is 17.1 Å². The number of sulfonamides is 1. The van der Waals surface area contributed by atoms with Crippen LogP contribution in [0.3, 0.4) is 0 Å². The molecule has 26 heavy (non-hydrogen) atoms. The van der Waals surface area contributed by atoms with Crippen molar-refractivity contribution in [3.63, 3.8) is 0 Å². The first-order valence-corrected chi connectivity index (χ1v) is 9.60. The van der Waals surface area contributed by atoms with E-state index in [9.17, 15) is 28.6 Å². The molecule has 1 heterocycles. The summed E-state index contributed by atoms with van der Waals surface area (Å²) >= 11 is 0. The van der Waals surface area contributed by atoms with E-state index in [4.69, 9.17) is 0 Å². The molecule has 1 aromatic carbocycles. The molecule has 1 fully saturated rings. The minimum atomic E-state index is -4.13. The van der Waals surface area contributed by atoms with Gasteiger partial charge in [0.15, 0.2) is 0 Å². The van der Waals surface area contributed by atoms with Crippen LogP contribution in [-0.4, -0.2) is 61.8 Å². The Hall–Kier alpha value is -2.31. The van der Waals surface area contributed by atoms with Crippen LogP contribution in [0.1, 0.15) is 13.8 Å². The van der Waals surface area contributed by atoms with Crippen molar-refractivity contribution in [3.05, 3.63) is 32.4 Å². The van der Waals surface area contributed by atoms with Crippen LogP contribution in [0.25, 0.3) is 0 Å². The van der Waals surface area contributed by atoms with E-state index in [-0.39, 0.29) is 18.8 Å². The lowest BCUT2D eigenvalue weighted by molar-refractivity contribution is -0.394. The summed E-state index contributed by atoms with van der Waals surface area (Å²) in [6, 6.07) is 1.72. The Morgan fingerprint density at radius 3 is 2.15 bits per heavy atom. The Labute approximate surface area is 150 Å². The molecule has 0 unspecified atom stereocenters. The third-order valence-corrected chi connectivity index (χ3v) is 6.13. The Kier molecular flexibility index (Phi) is 6.10. The molecule has 1 saturated heterocycles. The van der Waals surface area contributed by atoms with Gasteiger partial charge < -0.3 is 10.2 Å². The highest BCUT2D eigenvalue weighted by Gasteiger charge is 2.36. The molecular weight excluding hydrogens is 366 g/mol. The third kappa shape index (κ3) is 3.76. The van der Waals surface area contributed by atoms with Crippen molar-refractivity contribution in [2.75, 3.05) is 44.2 Å². The number of anilines is 1. The lowest BCUT2D eigenvalue weighted by Crippen LogP contribution is -2.46. The molecule has 1 aromatic rings. The van der Waals surface area contributed by atoms with Gasteiger partial charge in [0.25, 0.3) is 5.69 Å². The fourth-order valence-electron chi connectivity index (χ4n) is 2.90. The molecule has 12 heteroatoms. The van der Waals surface area contributed by atoms with Gasteiger partial charge in [-0.05, 0) is 13.8 Å². The molecule has 1 aliphatic heterocycles. The minimum Gasteiger partial charge on any atom is -0.365 e. The fourth-order valence-corrected chi connectivity index (χ4v) is 4.59. The molecule has 0 aliphatic carbocycles. The van der Waals surface area contributed by atoms with Gasteiger partial charge >= 0.3 is 5.69 Å². The molecule has 0 spiro atoms. The first-order valence-electron chi connectivity index (χ1n) is 8.16. The van der Waals surface area contributed by atoms with Crippen LogP contribution in [0.15, 0.2) is 17.0 Å². The van der Waals surface area contributed by atoms with E-state index in [1.54, 1.807) is 13.8 Å². The first kappa shape index (κ1) is 20.0. The predicted octanol–water partition coefficient (Wildman–Crippen LogP) is 0.943. The summed E-state index contributed by atoms with van der Waals surface area (Å²) in [7, 11) is -4.13. The molecule has 0 aromatic heterocycles. The lowest BCUT2D eigenvalue weighted by Gasteiger charge is -2.29. The first-order chi connectivity index (χ1) is 12.2. The van der Waals surface area contributed by atoms with Gasteiger partial charge in [0, 0.05) is 45.3 Å². The topological polar surface area (TPSA) is 139 Å². The molecule has 0 radical (unpaired) electrons. The van der Waals surface area contributed by atoms with E-state index in [2.05, 4.69) is 5.32 Å². The summed E-state index contributed by atoms with van der Waals surface area (Å²) in [5.74, 6) is 0. The highest BCUT2D eigenvalue weighted by atomic mass is 32.2. The summed E-state index contributed by atoms with van der Waals surface area (Å²) in [4.78, 5) is 22.3. The molecule has 1 aliphatic rings. The largest absolute Gasteiger partial charge is 0.365 e. The monoisotopic (exact) mass is 387 g/mol. The average Bonchev–Trinajstić information content (AvgIpc) is 2.62. The van der Waals surface area contributed by atoms with Crippen molar-refractivity contribution in [3.8, 4) is 0 Å². The number of nitrogens with zero attached hydrogens (tertiary/aromatic N) is 4. The second-order valence-corrected chi connectivity index (χ2v) is 7.56. The Balaban J connectivity index is 2.79. The van der Waals surface area contributed by atoms with Crippen LogP contribution in [0.5, 0.6) is 0 Å². The molecule has 2 rings (SSSR count). The maximum absolute atomic E-state index is 13.1. The van der Waals surface area contributed by atoms with Crippen molar-refractivity contribution in [2.45, 2.75) is 18.7 Å². The molecule has 144 valence electrons. The van der Waals surface area contributed by atoms with Crippen molar-refractivity contribution in [1.29, 1.82) is 0 Å². The maximum atomic E-state index is 13.1. The number of hydrogen-bond donors (Lipinski definition) is 1. The Morgan fingerprint density at radius 1 is 1.12 bits per heavy atom. The number of nitro benzene ring substituents is 2. The summed E-state index contributed by atoms with van der Waals surface area (Å²) in [5.41, 5.74) is -1.32. The van der Waals surface area contributed by atoms with Crippen LogP contribution in [0, 0.1) is 20.2 Å². The van der Waals surface area contributed by atoms with Gasteiger partial charge in [0.05, 0.1) is 15.9 Å². The van der Waals surface area contributed by atoms with E-state index in [0.717, 1.165) is 12.1 Å². The summed E-state index contributed by atoms with van der Waals surface area (Å²) in [6.07, 6.45) is 0. The maximum Gasteiger partial charge on any atom is 0.300 e. The van der Waals surface area contributed by atoms with E-state index in [0.29, 0.717) is 26.2 Å². The van der Waals surface area contributed by atoms with Gasteiger partial charge in [-0.3, -0.25) is 20.2 Å². The smallest absolute Gasteiger partial charge is 0.300 e. The zero-order chi connectivity index (χ0) is 19.5. The zero-order valence-corrected chi connectivity index (χ0v) is 15.4. The van der Waals surface area contributed by atoms with Gasteiger partial charge in [0.1, 0.15) is 10.6 Å². The molecule has 0 bridgehead atoms. The zero-order valence-electron chi connectivity index (χ0n) is 14.5. The van der Waals surface area contributed by atoms with Crippen LogP contribution < -0.4 is 10.2 Å². The third-order valence-electron chi connectivity index (χ3n) is 4.22. The van der Waals surface area contributed by atoms with Crippen molar-refractivity contribution in [1.82, 2.24) is 9.62 Å². The predicted molar refractivity (Wildman–Crippen MR) is 94.9 cm³/mol. The van der Waals surface area contributed by atoms with Crippen molar-refractivity contribution in [2.24, 2.45) is 0 Å². The van der Waals surface area contributed by atoms with E-state index in [1.165, 1.54) is 9.21 Å². The number of nitro groups is 2. The molecule has 11 nitrogen and oxygen atoms in total. The number of piperazine rings is 1. The second-order valence-electron chi connectivity index (χ2n) is 5.65. The second kappa shape index (κ2) is 7.93. The van der Waals surface area contributed by atoms with E-state index >= 15 is 0 Å². The number of rotatable bonds is 7. The molecule has 0 saturated carbocycles. The molecule has 0 amide bonds. The summed E-state index contributed by atoms with van der Waals surface area (Å²) < 4.78 is 27.4. The summed E-state index contributed by atoms with van der Waals surface area (Å²) in [6.45, 7) is 5.37. The quantitative estimate of drug-likeness (QED) is 0.539. The van der Waals surface area contributed by atoms with Gasteiger partial charge in [0.2, 0.25) is 10.0 Å². The van der Waals surface area contributed by atoms with Gasteiger partial charge in [-0.1, -0.05) is 0 Å². The van der Waals surface area contributed by atoms with Crippen LogP contribution >= 0.6 is 0 Å². The van der Waals surface area contributed by atoms with Crippen molar-refractivity contribution >= 4 is 27.1 Å². The SMILES string of the molecule is CCN(CC)c1c([N+](=O)[O-])cc([N+](=O)[O-])cc1S(=O)(=O)N1CCNCC1. The average molecular weight is 387 g/mol. The highest BCUT2D eigenvalue weighted by Crippen LogP contribution is 2.40. The molecule has 0 atom stereocenters. The van der Waals surface area contributed by atoms with Crippen molar-refractivity contribution < 1.29 is 18.3 Å².